The van der Waals surface area contributed by atoms with E-state index in [4.69, 9.17) is 20.8 Å². The van der Waals surface area contributed by atoms with Crippen molar-refractivity contribution in [2.24, 2.45) is 0 Å². The van der Waals surface area contributed by atoms with E-state index in [0.29, 0.717) is 22.0 Å². The minimum absolute atomic E-state index is 0.0702. The van der Waals surface area contributed by atoms with Crippen molar-refractivity contribution in [3.05, 3.63) is 71.4 Å². The maximum atomic E-state index is 12.4. The van der Waals surface area contributed by atoms with E-state index in [0.717, 1.165) is 0 Å². The van der Waals surface area contributed by atoms with Crippen LogP contribution < -0.4 is 10.0 Å². The molecule has 0 radical (unpaired) electrons. The van der Waals surface area contributed by atoms with E-state index >= 15 is 0 Å². The van der Waals surface area contributed by atoms with Crippen molar-refractivity contribution in [3.8, 4) is 11.3 Å². The van der Waals surface area contributed by atoms with E-state index in [1.807, 2.05) is 0 Å². The SMILES string of the molecule is CC(C)NS(=O)(=O)c1ccc(NC(=O)C(C)OC(=O)c2ccc(-c3ccccc3Cl)o2)cc1. The molecular weight excluding hydrogens is 468 g/mol. The lowest BCUT2D eigenvalue weighted by atomic mass is 10.2. The molecule has 1 unspecified atom stereocenters. The van der Waals surface area contributed by atoms with Crippen molar-refractivity contribution in [3.63, 3.8) is 0 Å². The van der Waals surface area contributed by atoms with E-state index in [1.54, 1.807) is 44.2 Å². The lowest BCUT2D eigenvalue weighted by Crippen LogP contribution is -2.30. The zero-order valence-electron chi connectivity index (χ0n) is 18.2. The zero-order chi connectivity index (χ0) is 24.2. The Kier molecular flexibility index (Phi) is 7.57. The number of esters is 1. The summed E-state index contributed by atoms with van der Waals surface area (Å²) in [6.07, 6.45) is -1.13. The first-order valence-electron chi connectivity index (χ1n) is 10.1. The van der Waals surface area contributed by atoms with Gasteiger partial charge in [0.15, 0.2) is 6.10 Å². The summed E-state index contributed by atoms with van der Waals surface area (Å²) in [7, 11) is -3.64. The monoisotopic (exact) mass is 490 g/mol. The van der Waals surface area contributed by atoms with Gasteiger partial charge < -0.3 is 14.5 Å². The first kappa shape index (κ1) is 24.5. The molecule has 3 aromatic rings. The summed E-state index contributed by atoms with van der Waals surface area (Å²) < 4.78 is 37.6. The number of sulfonamides is 1. The number of ether oxygens (including phenoxy) is 1. The summed E-state index contributed by atoms with van der Waals surface area (Å²) in [5.74, 6) is -1.07. The van der Waals surface area contributed by atoms with E-state index in [-0.39, 0.29) is 16.7 Å². The molecule has 0 aliphatic rings. The number of nitrogens with one attached hydrogen (secondary N) is 2. The topological polar surface area (TPSA) is 115 Å². The van der Waals surface area contributed by atoms with Crippen LogP contribution in [-0.4, -0.2) is 32.4 Å². The maximum absolute atomic E-state index is 12.4. The minimum atomic E-state index is -3.64. The van der Waals surface area contributed by atoms with Gasteiger partial charge in [-0.2, -0.15) is 0 Å². The third-order valence-corrected chi connectivity index (χ3v) is 6.43. The Morgan fingerprint density at radius 3 is 2.27 bits per heavy atom. The van der Waals surface area contributed by atoms with Crippen LogP contribution in [0.4, 0.5) is 5.69 Å². The van der Waals surface area contributed by atoms with E-state index < -0.39 is 28.0 Å². The highest BCUT2D eigenvalue weighted by atomic mass is 35.5. The summed E-state index contributed by atoms with van der Waals surface area (Å²) in [5, 5.41) is 3.05. The highest BCUT2D eigenvalue weighted by Gasteiger charge is 2.22. The second-order valence-electron chi connectivity index (χ2n) is 7.48. The van der Waals surface area contributed by atoms with Crippen LogP contribution in [0.3, 0.4) is 0 Å². The molecule has 1 heterocycles. The highest BCUT2D eigenvalue weighted by molar-refractivity contribution is 7.89. The fourth-order valence-electron chi connectivity index (χ4n) is 2.87. The second kappa shape index (κ2) is 10.2. The molecule has 2 aromatic carbocycles. The van der Waals surface area contributed by atoms with Crippen LogP contribution in [0.5, 0.6) is 0 Å². The Balaban J connectivity index is 1.61. The molecule has 174 valence electrons. The van der Waals surface area contributed by atoms with Crippen molar-refractivity contribution < 1.29 is 27.2 Å². The van der Waals surface area contributed by atoms with Gasteiger partial charge in [-0.15, -0.1) is 0 Å². The van der Waals surface area contributed by atoms with Crippen LogP contribution >= 0.6 is 11.6 Å². The molecule has 0 saturated heterocycles. The van der Waals surface area contributed by atoms with Gasteiger partial charge in [0, 0.05) is 17.3 Å². The van der Waals surface area contributed by atoms with Crippen molar-refractivity contribution in [2.75, 3.05) is 5.32 Å². The molecule has 0 aliphatic heterocycles. The molecule has 0 spiro atoms. The number of furan rings is 1. The lowest BCUT2D eigenvalue weighted by molar-refractivity contribution is -0.123. The first-order valence-corrected chi connectivity index (χ1v) is 11.9. The van der Waals surface area contributed by atoms with Gasteiger partial charge in [0.25, 0.3) is 5.91 Å². The number of hydrogen-bond acceptors (Lipinski definition) is 6. The smallest absolute Gasteiger partial charge is 0.375 e. The fourth-order valence-corrected chi connectivity index (χ4v) is 4.35. The Morgan fingerprint density at radius 1 is 0.970 bits per heavy atom. The fraction of sp³-hybridized carbons (Fsp3) is 0.217. The molecule has 2 N–H and O–H groups in total. The van der Waals surface area contributed by atoms with Gasteiger partial charge >= 0.3 is 5.97 Å². The van der Waals surface area contributed by atoms with Crippen molar-refractivity contribution in [1.82, 2.24) is 4.72 Å². The van der Waals surface area contributed by atoms with Crippen LogP contribution in [0.2, 0.25) is 5.02 Å². The Bertz CT molecular complexity index is 1250. The molecule has 1 aromatic heterocycles. The van der Waals surface area contributed by atoms with E-state index in [9.17, 15) is 18.0 Å². The van der Waals surface area contributed by atoms with Gasteiger partial charge in [0.1, 0.15) is 5.76 Å². The number of amides is 1. The average Bonchev–Trinajstić information content (AvgIpc) is 3.23. The molecule has 10 heteroatoms. The summed E-state index contributed by atoms with van der Waals surface area (Å²) in [6, 6.07) is 15.4. The quantitative estimate of drug-likeness (QED) is 0.450. The number of carbonyl (C=O) groups excluding carboxylic acids is 2. The third kappa shape index (κ3) is 6.22. The number of anilines is 1. The Labute approximate surface area is 196 Å². The minimum Gasteiger partial charge on any atom is -0.449 e. The Morgan fingerprint density at radius 2 is 1.64 bits per heavy atom. The second-order valence-corrected chi connectivity index (χ2v) is 9.60. The molecule has 1 atom stereocenters. The van der Waals surface area contributed by atoms with Crippen LogP contribution in [-0.2, 0) is 19.6 Å². The average molecular weight is 491 g/mol. The van der Waals surface area contributed by atoms with Gasteiger partial charge in [-0.3, -0.25) is 4.79 Å². The number of rotatable bonds is 8. The molecule has 0 fully saturated rings. The van der Waals surface area contributed by atoms with Gasteiger partial charge in [0.05, 0.1) is 9.92 Å². The van der Waals surface area contributed by atoms with Gasteiger partial charge in [0.2, 0.25) is 15.8 Å². The largest absolute Gasteiger partial charge is 0.449 e. The molecule has 1 amide bonds. The predicted octanol–water partition coefficient (Wildman–Crippen LogP) is 4.47. The molecule has 0 bridgehead atoms. The maximum Gasteiger partial charge on any atom is 0.375 e. The highest BCUT2D eigenvalue weighted by Crippen LogP contribution is 2.29. The van der Waals surface area contributed by atoms with Crippen LogP contribution in [0.25, 0.3) is 11.3 Å². The van der Waals surface area contributed by atoms with Crippen LogP contribution in [0.1, 0.15) is 31.3 Å². The molecule has 33 heavy (non-hydrogen) atoms. The summed E-state index contributed by atoms with van der Waals surface area (Å²) >= 11 is 6.14. The molecular formula is C23H23ClN2O6S. The zero-order valence-corrected chi connectivity index (χ0v) is 19.7. The number of benzene rings is 2. The normalized spacial score (nSPS) is 12.4. The van der Waals surface area contributed by atoms with Crippen molar-refractivity contribution in [1.29, 1.82) is 0 Å². The van der Waals surface area contributed by atoms with E-state index in [1.165, 1.54) is 37.3 Å². The first-order chi connectivity index (χ1) is 15.6. The van der Waals surface area contributed by atoms with Gasteiger partial charge in [-0.05, 0) is 69.3 Å². The van der Waals surface area contributed by atoms with Gasteiger partial charge in [-0.25, -0.2) is 17.9 Å². The van der Waals surface area contributed by atoms with Gasteiger partial charge in [-0.1, -0.05) is 23.7 Å². The number of halogens is 1. The van der Waals surface area contributed by atoms with E-state index in [2.05, 4.69) is 10.0 Å². The van der Waals surface area contributed by atoms with Crippen LogP contribution in [0.15, 0.2) is 70.0 Å². The summed E-state index contributed by atoms with van der Waals surface area (Å²) in [6.45, 7) is 4.85. The van der Waals surface area contributed by atoms with Crippen molar-refractivity contribution in [2.45, 2.75) is 37.8 Å². The number of carbonyl (C=O) groups is 2. The number of hydrogen-bond donors (Lipinski definition) is 2. The van der Waals surface area contributed by atoms with Crippen molar-refractivity contribution >= 4 is 39.2 Å². The predicted molar refractivity (Wildman–Crippen MR) is 125 cm³/mol. The Hall–Kier alpha value is -3.14. The summed E-state index contributed by atoms with van der Waals surface area (Å²) in [5.41, 5.74) is 0.975. The molecule has 0 saturated carbocycles. The summed E-state index contributed by atoms with van der Waals surface area (Å²) in [4.78, 5) is 24.9. The third-order valence-electron chi connectivity index (χ3n) is 4.42. The standard InChI is InChI=1S/C23H23ClN2O6S/c1-14(2)26-33(29,30)17-10-8-16(9-11-17)25-22(27)15(3)31-23(28)21-13-12-20(32-21)18-6-4-5-7-19(18)24/h4-15,26H,1-3H3,(H,25,27). The lowest BCUT2D eigenvalue weighted by Gasteiger charge is -2.13. The molecule has 8 nitrogen and oxygen atoms in total. The molecule has 0 aliphatic carbocycles. The molecule has 3 rings (SSSR count). The van der Waals surface area contributed by atoms with Crippen LogP contribution in [0, 0.1) is 0 Å².